The second kappa shape index (κ2) is 6.41. The monoisotopic (exact) mass is 267 g/mol. The van der Waals surface area contributed by atoms with E-state index in [1.807, 2.05) is 24.3 Å². The first kappa shape index (κ1) is 13.7. The van der Waals surface area contributed by atoms with Gasteiger partial charge in [-0.1, -0.05) is 23.7 Å². The maximum Gasteiger partial charge on any atom is 0.0637 e. The number of para-hydroxylation sites is 1. The molecular weight excluding hydrogens is 246 g/mol. The minimum atomic E-state index is 0.636. The minimum absolute atomic E-state index is 0.636. The van der Waals surface area contributed by atoms with Gasteiger partial charge >= 0.3 is 0 Å². The first-order valence-electron chi connectivity index (χ1n) is 6.58. The number of halogens is 1. The molecule has 1 N–H and O–H groups in total. The quantitative estimate of drug-likeness (QED) is 0.904. The fourth-order valence-electron chi connectivity index (χ4n) is 2.45. The summed E-state index contributed by atoms with van der Waals surface area (Å²) in [6.45, 7) is 7.79. The molecule has 1 aromatic rings. The van der Waals surface area contributed by atoms with E-state index >= 15 is 0 Å². The van der Waals surface area contributed by atoms with Crippen LogP contribution in [-0.4, -0.2) is 55.6 Å². The van der Waals surface area contributed by atoms with E-state index in [0.717, 1.165) is 43.4 Å². The fraction of sp³-hybridized carbons (Fsp3) is 0.571. The van der Waals surface area contributed by atoms with Gasteiger partial charge in [-0.3, -0.25) is 4.90 Å². The molecule has 1 fully saturated rings. The molecule has 1 saturated heterocycles. The largest absolute Gasteiger partial charge is 0.383 e. The number of anilines is 1. The normalized spacial score (nSPS) is 22.1. The number of hydrogen-bond acceptors (Lipinski definition) is 3. The summed E-state index contributed by atoms with van der Waals surface area (Å²) in [5, 5.41) is 4.20. The minimum Gasteiger partial charge on any atom is -0.383 e. The second-order valence-electron chi connectivity index (χ2n) is 5.05. The van der Waals surface area contributed by atoms with E-state index in [-0.39, 0.29) is 0 Å². The third-order valence-corrected chi connectivity index (χ3v) is 3.89. The van der Waals surface area contributed by atoms with E-state index in [4.69, 9.17) is 11.6 Å². The Kier molecular flexibility index (Phi) is 4.87. The summed E-state index contributed by atoms with van der Waals surface area (Å²) in [5.41, 5.74) is 1.03. The van der Waals surface area contributed by atoms with Crippen molar-refractivity contribution >= 4 is 17.3 Å². The Labute approximate surface area is 115 Å². The standard InChI is InChI=1S/C14H22ClN3/c1-12-11-17(2)9-10-18(12)8-7-16-14-6-4-3-5-13(14)15/h3-6,12,16H,7-11H2,1-2H3. The smallest absolute Gasteiger partial charge is 0.0637 e. The van der Waals surface area contributed by atoms with E-state index in [0.29, 0.717) is 6.04 Å². The number of nitrogens with zero attached hydrogens (tertiary/aromatic N) is 2. The number of likely N-dealkylation sites (N-methyl/N-ethyl adjacent to an activating group) is 1. The molecule has 3 nitrogen and oxygen atoms in total. The third-order valence-electron chi connectivity index (χ3n) is 3.56. The van der Waals surface area contributed by atoms with Crippen molar-refractivity contribution in [3.8, 4) is 0 Å². The topological polar surface area (TPSA) is 18.5 Å². The molecule has 18 heavy (non-hydrogen) atoms. The molecule has 0 saturated carbocycles. The Morgan fingerprint density at radius 1 is 1.33 bits per heavy atom. The van der Waals surface area contributed by atoms with Crippen LogP contribution in [0.4, 0.5) is 5.69 Å². The molecule has 1 aromatic carbocycles. The molecule has 1 heterocycles. The number of benzene rings is 1. The number of nitrogens with one attached hydrogen (secondary N) is 1. The predicted octanol–water partition coefficient (Wildman–Crippen LogP) is 2.39. The van der Waals surface area contributed by atoms with Crippen molar-refractivity contribution < 1.29 is 0 Å². The molecular formula is C14H22ClN3. The van der Waals surface area contributed by atoms with Crippen LogP contribution < -0.4 is 5.32 Å². The SMILES string of the molecule is CC1CN(C)CCN1CCNc1ccccc1Cl. The summed E-state index contributed by atoms with van der Waals surface area (Å²) in [5.74, 6) is 0. The van der Waals surface area contributed by atoms with E-state index < -0.39 is 0 Å². The van der Waals surface area contributed by atoms with Gasteiger partial charge in [-0.15, -0.1) is 0 Å². The zero-order valence-corrected chi connectivity index (χ0v) is 12.0. The molecule has 0 spiro atoms. The Bertz CT molecular complexity index is 383. The van der Waals surface area contributed by atoms with Gasteiger partial charge in [-0.2, -0.15) is 0 Å². The van der Waals surface area contributed by atoms with E-state index in [1.54, 1.807) is 0 Å². The van der Waals surface area contributed by atoms with Gasteiger partial charge in [0.2, 0.25) is 0 Å². The lowest BCUT2D eigenvalue weighted by molar-refractivity contribution is 0.104. The molecule has 0 radical (unpaired) electrons. The summed E-state index contributed by atoms with van der Waals surface area (Å²) < 4.78 is 0. The molecule has 100 valence electrons. The van der Waals surface area contributed by atoms with Crippen LogP contribution in [-0.2, 0) is 0 Å². The first-order chi connectivity index (χ1) is 8.66. The van der Waals surface area contributed by atoms with Crippen LogP contribution in [0.25, 0.3) is 0 Å². The molecule has 1 aliphatic heterocycles. The highest BCUT2D eigenvalue weighted by Gasteiger charge is 2.20. The zero-order valence-electron chi connectivity index (χ0n) is 11.2. The van der Waals surface area contributed by atoms with E-state index in [1.165, 1.54) is 0 Å². The zero-order chi connectivity index (χ0) is 13.0. The maximum absolute atomic E-state index is 6.11. The van der Waals surface area contributed by atoms with Crippen molar-refractivity contribution in [3.63, 3.8) is 0 Å². The number of hydrogen-bond donors (Lipinski definition) is 1. The van der Waals surface area contributed by atoms with Crippen LogP contribution in [0.5, 0.6) is 0 Å². The van der Waals surface area contributed by atoms with Gasteiger partial charge in [-0.25, -0.2) is 0 Å². The van der Waals surface area contributed by atoms with Crippen LogP contribution in [0.2, 0.25) is 5.02 Å². The van der Waals surface area contributed by atoms with Crippen LogP contribution in [0.1, 0.15) is 6.92 Å². The van der Waals surface area contributed by atoms with Gasteiger partial charge in [0.25, 0.3) is 0 Å². The van der Waals surface area contributed by atoms with Gasteiger partial charge < -0.3 is 10.2 Å². The van der Waals surface area contributed by atoms with Gasteiger partial charge in [0, 0.05) is 38.8 Å². The third kappa shape index (κ3) is 3.61. The summed E-state index contributed by atoms with van der Waals surface area (Å²) >= 11 is 6.11. The van der Waals surface area contributed by atoms with Crippen molar-refractivity contribution in [2.75, 3.05) is 45.1 Å². The molecule has 1 aliphatic rings. The van der Waals surface area contributed by atoms with Gasteiger partial charge in [0.15, 0.2) is 0 Å². The number of piperazine rings is 1. The molecule has 0 aromatic heterocycles. The average molecular weight is 268 g/mol. The lowest BCUT2D eigenvalue weighted by Crippen LogP contribution is -2.51. The van der Waals surface area contributed by atoms with Gasteiger partial charge in [0.05, 0.1) is 10.7 Å². The Hall–Kier alpha value is -0.770. The molecule has 1 unspecified atom stereocenters. The fourth-order valence-corrected chi connectivity index (χ4v) is 2.65. The summed E-state index contributed by atoms with van der Waals surface area (Å²) in [6, 6.07) is 8.54. The van der Waals surface area contributed by atoms with Gasteiger partial charge in [-0.05, 0) is 26.1 Å². The van der Waals surface area contributed by atoms with Crippen LogP contribution in [0.3, 0.4) is 0 Å². The lowest BCUT2D eigenvalue weighted by Gasteiger charge is -2.38. The van der Waals surface area contributed by atoms with Crippen molar-refractivity contribution in [1.29, 1.82) is 0 Å². The summed E-state index contributed by atoms with van der Waals surface area (Å²) in [4.78, 5) is 4.92. The molecule has 2 rings (SSSR count). The molecule has 0 aliphatic carbocycles. The van der Waals surface area contributed by atoms with Crippen molar-refractivity contribution in [3.05, 3.63) is 29.3 Å². The van der Waals surface area contributed by atoms with Crippen LogP contribution >= 0.6 is 11.6 Å². The van der Waals surface area contributed by atoms with E-state index in [2.05, 4.69) is 29.1 Å². The average Bonchev–Trinajstić information content (AvgIpc) is 2.34. The first-order valence-corrected chi connectivity index (χ1v) is 6.95. The lowest BCUT2D eigenvalue weighted by atomic mass is 10.2. The highest BCUT2D eigenvalue weighted by Crippen LogP contribution is 2.20. The maximum atomic E-state index is 6.11. The van der Waals surface area contributed by atoms with Gasteiger partial charge in [0.1, 0.15) is 0 Å². The highest BCUT2D eigenvalue weighted by molar-refractivity contribution is 6.33. The molecule has 1 atom stereocenters. The Balaban J connectivity index is 1.77. The second-order valence-corrected chi connectivity index (χ2v) is 5.46. The predicted molar refractivity (Wildman–Crippen MR) is 78.5 cm³/mol. The van der Waals surface area contributed by atoms with Crippen molar-refractivity contribution in [2.24, 2.45) is 0 Å². The summed E-state index contributed by atoms with van der Waals surface area (Å²) in [6.07, 6.45) is 0. The molecule has 0 bridgehead atoms. The Morgan fingerprint density at radius 3 is 2.83 bits per heavy atom. The Morgan fingerprint density at radius 2 is 2.11 bits per heavy atom. The number of rotatable bonds is 4. The van der Waals surface area contributed by atoms with Crippen LogP contribution in [0, 0.1) is 0 Å². The van der Waals surface area contributed by atoms with E-state index in [9.17, 15) is 0 Å². The molecule has 0 amide bonds. The summed E-state index contributed by atoms with van der Waals surface area (Å²) in [7, 11) is 2.19. The van der Waals surface area contributed by atoms with Crippen LogP contribution in [0.15, 0.2) is 24.3 Å². The van der Waals surface area contributed by atoms with Crippen molar-refractivity contribution in [1.82, 2.24) is 9.80 Å². The van der Waals surface area contributed by atoms with Crippen molar-refractivity contribution in [2.45, 2.75) is 13.0 Å². The highest BCUT2D eigenvalue weighted by atomic mass is 35.5. The molecule has 4 heteroatoms.